The summed E-state index contributed by atoms with van der Waals surface area (Å²) in [6.45, 7) is 0. The summed E-state index contributed by atoms with van der Waals surface area (Å²) in [5.41, 5.74) is -0.885. The first kappa shape index (κ1) is 15.4. The molecule has 0 heterocycles. The Bertz CT molecular complexity index is 679. The molecule has 94 valence electrons. The second kappa shape index (κ2) is 6.46. The maximum absolute atomic E-state index is 13.6. The highest BCUT2D eigenvalue weighted by Gasteiger charge is 2.16. The van der Waals surface area contributed by atoms with Gasteiger partial charge in [-0.2, -0.15) is 15.8 Å². The Hall–Kier alpha value is -1.70. The monoisotopic (exact) mass is 434 g/mol. The lowest BCUT2D eigenvalue weighted by molar-refractivity contribution is 0.568. The van der Waals surface area contributed by atoms with Gasteiger partial charge in [0.05, 0.1) is 13.7 Å². The zero-order chi connectivity index (χ0) is 14.6. The average Bonchev–Trinajstić information content (AvgIpc) is 2.42. The number of anilines is 1. The zero-order valence-corrected chi connectivity index (χ0v) is 12.7. The molecule has 0 saturated carbocycles. The molecule has 1 aromatic rings. The molecule has 0 unspecified atom stereocenters. The smallest absolute Gasteiger partial charge is 0.163 e. The third-order valence-electron chi connectivity index (χ3n) is 1.95. The van der Waals surface area contributed by atoms with Crippen LogP contribution < -0.4 is 5.32 Å². The number of hydrogen-bond donors (Lipinski definition) is 1. The van der Waals surface area contributed by atoms with Crippen molar-refractivity contribution in [3.63, 3.8) is 0 Å². The van der Waals surface area contributed by atoms with E-state index < -0.39 is 17.2 Å². The first-order valence-corrected chi connectivity index (χ1v) is 6.38. The molecule has 1 N–H and O–H groups in total. The van der Waals surface area contributed by atoms with E-state index in [4.69, 9.17) is 15.8 Å². The summed E-state index contributed by atoms with van der Waals surface area (Å²) in [7, 11) is 0. The van der Waals surface area contributed by atoms with Crippen molar-refractivity contribution in [3.05, 3.63) is 37.0 Å². The Morgan fingerprint density at radius 1 is 1.21 bits per heavy atom. The first-order chi connectivity index (χ1) is 8.96. The predicted octanol–water partition coefficient (Wildman–Crippen LogP) is 3.57. The van der Waals surface area contributed by atoms with Crippen molar-refractivity contribution in [2.24, 2.45) is 0 Å². The Labute approximate surface area is 129 Å². The molecule has 0 aliphatic rings. The van der Waals surface area contributed by atoms with Crippen LogP contribution in [0, 0.1) is 49.2 Å². The molecular formula is C11H2BrF2IN4. The van der Waals surface area contributed by atoms with E-state index in [2.05, 4.69) is 21.2 Å². The number of nitrogens with one attached hydrogen (secondary N) is 1. The number of hydrogen-bond acceptors (Lipinski definition) is 4. The van der Waals surface area contributed by atoms with E-state index in [0.717, 1.165) is 6.07 Å². The van der Waals surface area contributed by atoms with Crippen LogP contribution >= 0.6 is 38.5 Å². The van der Waals surface area contributed by atoms with E-state index >= 15 is 0 Å². The minimum atomic E-state index is -0.867. The summed E-state index contributed by atoms with van der Waals surface area (Å²) in [5, 5.41) is 28.5. The summed E-state index contributed by atoms with van der Waals surface area (Å²) in [6, 6.07) is 5.59. The van der Waals surface area contributed by atoms with Crippen molar-refractivity contribution in [1.29, 1.82) is 15.8 Å². The summed E-state index contributed by atoms with van der Waals surface area (Å²) < 4.78 is 26.7. The molecular weight excluding hydrogens is 433 g/mol. The van der Waals surface area contributed by atoms with Crippen LogP contribution in [0.25, 0.3) is 0 Å². The molecule has 0 aliphatic carbocycles. The molecule has 0 atom stereocenters. The second-order valence-corrected chi connectivity index (χ2v) is 4.93. The molecule has 1 rings (SSSR count). The van der Waals surface area contributed by atoms with Crippen LogP contribution in [0.15, 0.2) is 21.8 Å². The fraction of sp³-hybridized carbons (Fsp3) is 0. The Kier molecular flexibility index (Phi) is 5.22. The van der Waals surface area contributed by atoms with Crippen molar-refractivity contribution < 1.29 is 8.78 Å². The SMILES string of the molecule is N#CC(C#N)=C(C#N)Nc1cc(F)c(Br)c(F)c1I. The van der Waals surface area contributed by atoms with Crippen molar-refractivity contribution >= 4 is 44.2 Å². The summed E-state index contributed by atoms with van der Waals surface area (Å²) in [4.78, 5) is 0. The summed E-state index contributed by atoms with van der Waals surface area (Å²) in [6.07, 6.45) is 0. The molecule has 0 aromatic heterocycles. The minimum Gasteiger partial charge on any atom is -0.344 e. The van der Waals surface area contributed by atoms with E-state index in [1.165, 1.54) is 12.1 Å². The van der Waals surface area contributed by atoms with Crippen LogP contribution in [-0.4, -0.2) is 0 Å². The minimum absolute atomic E-state index is 0.0221. The van der Waals surface area contributed by atoms with Crippen molar-refractivity contribution in [3.8, 4) is 18.2 Å². The van der Waals surface area contributed by atoms with E-state index in [9.17, 15) is 8.78 Å². The summed E-state index contributed by atoms with van der Waals surface area (Å²) in [5.74, 6) is -1.70. The zero-order valence-electron chi connectivity index (χ0n) is 8.93. The molecule has 19 heavy (non-hydrogen) atoms. The molecule has 0 spiro atoms. The maximum Gasteiger partial charge on any atom is 0.163 e. The number of nitrogens with zero attached hydrogens (tertiary/aromatic N) is 3. The van der Waals surface area contributed by atoms with Gasteiger partial charge in [0, 0.05) is 0 Å². The predicted molar refractivity (Wildman–Crippen MR) is 74.3 cm³/mol. The Balaban J connectivity index is 3.38. The first-order valence-electron chi connectivity index (χ1n) is 4.50. The van der Waals surface area contributed by atoms with Gasteiger partial charge in [-0.25, -0.2) is 8.78 Å². The molecule has 0 fully saturated rings. The van der Waals surface area contributed by atoms with Gasteiger partial charge >= 0.3 is 0 Å². The number of rotatable bonds is 2. The third kappa shape index (κ3) is 3.19. The average molecular weight is 435 g/mol. The quantitative estimate of drug-likeness (QED) is 0.334. The van der Waals surface area contributed by atoms with Crippen LogP contribution in [0.5, 0.6) is 0 Å². The van der Waals surface area contributed by atoms with E-state index in [1.54, 1.807) is 28.7 Å². The maximum atomic E-state index is 13.6. The van der Waals surface area contributed by atoms with Gasteiger partial charge in [-0.1, -0.05) is 0 Å². The van der Waals surface area contributed by atoms with Crippen molar-refractivity contribution in [1.82, 2.24) is 0 Å². The van der Waals surface area contributed by atoms with Gasteiger partial charge in [0.15, 0.2) is 11.4 Å². The highest BCUT2D eigenvalue weighted by atomic mass is 127. The molecule has 0 aliphatic heterocycles. The third-order valence-corrected chi connectivity index (χ3v) is 3.73. The molecule has 0 bridgehead atoms. The molecule has 8 heteroatoms. The van der Waals surface area contributed by atoms with E-state index in [0.29, 0.717) is 0 Å². The van der Waals surface area contributed by atoms with Crippen LogP contribution in [-0.2, 0) is 0 Å². The number of benzene rings is 1. The number of halogens is 4. The molecule has 1 aromatic carbocycles. The highest BCUT2D eigenvalue weighted by molar-refractivity contribution is 14.1. The molecule has 0 saturated heterocycles. The highest BCUT2D eigenvalue weighted by Crippen LogP contribution is 2.31. The largest absolute Gasteiger partial charge is 0.344 e. The second-order valence-electron chi connectivity index (χ2n) is 3.06. The van der Waals surface area contributed by atoms with Gasteiger partial charge < -0.3 is 5.32 Å². The fourth-order valence-corrected chi connectivity index (χ4v) is 2.33. The van der Waals surface area contributed by atoms with Crippen LogP contribution in [0.1, 0.15) is 0 Å². The van der Waals surface area contributed by atoms with Crippen LogP contribution in [0.4, 0.5) is 14.5 Å². The lowest BCUT2D eigenvalue weighted by Gasteiger charge is -2.09. The van der Waals surface area contributed by atoms with Gasteiger partial charge in [0.2, 0.25) is 0 Å². The van der Waals surface area contributed by atoms with Gasteiger partial charge in [-0.3, -0.25) is 0 Å². The van der Waals surface area contributed by atoms with Gasteiger partial charge in [-0.05, 0) is 44.6 Å². The van der Waals surface area contributed by atoms with Crippen molar-refractivity contribution in [2.75, 3.05) is 5.32 Å². The summed E-state index contributed by atoms with van der Waals surface area (Å²) >= 11 is 4.35. The molecule has 4 nitrogen and oxygen atoms in total. The van der Waals surface area contributed by atoms with Gasteiger partial charge in [0.25, 0.3) is 0 Å². The number of nitriles is 3. The van der Waals surface area contributed by atoms with E-state index in [-0.39, 0.29) is 19.4 Å². The fourth-order valence-electron chi connectivity index (χ4n) is 1.08. The Morgan fingerprint density at radius 3 is 2.26 bits per heavy atom. The normalized spacial score (nSPS) is 8.89. The number of allylic oxidation sites excluding steroid dienone is 2. The lowest BCUT2D eigenvalue weighted by Crippen LogP contribution is -2.04. The van der Waals surface area contributed by atoms with E-state index in [1.807, 2.05) is 0 Å². The van der Waals surface area contributed by atoms with Gasteiger partial charge in [0.1, 0.15) is 29.7 Å². The molecule has 0 amide bonds. The van der Waals surface area contributed by atoms with Crippen LogP contribution in [0.3, 0.4) is 0 Å². The molecule has 0 radical (unpaired) electrons. The Morgan fingerprint density at radius 2 is 1.79 bits per heavy atom. The standard InChI is InChI=1S/C11H2BrF2IN4/c12-9-6(13)1-7(11(15)10(9)14)19-8(4-18)5(2-16)3-17/h1,19H. The van der Waals surface area contributed by atoms with Crippen molar-refractivity contribution in [2.45, 2.75) is 0 Å². The lowest BCUT2D eigenvalue weighted by atomic mass is 10.2. The topological polar surface area (TPSA) is 83.4 Å². The van der Waals surface area contributed by atoms with Crippen LogP contribution in [0.2, 0.25) is 0 Å². The van der Waals surface area contributed by atoms with Gasteiger partial charge in [-0.15, -0.1) is 0 Å².